The monoisotopic (exact) mass is 529 g/mol. The fourth-order valence-electron chi connectivity index (χ4n) is 4.98. The van der Waals surface area contributed by atoms with Crippen molar-refractivity contribution in [2.24, 2.45) is 0 Å². The van der Waals surface area contributed by atoms with E-state index in [0.29, 0.717) is 35.0 Å². The second-order valence-corrected chi connectivity index (χ2v) is 9.84. The number of ketones is 1. The number of ether oxygens (including phenoxy) is 3. The molecule has 3 aromatic rings. The Morgan fingerprint density at radius 3 is 2.31 bits per heavy atom. The Morgan fingerprint density at radius 1 is 0.974 bits per heavy atom. The summed E-state index contributed by atoms with van der Waals surface area (Å²) >= 11 is 0. The van der Waals surface area contributed by atoms with Crippen LogP contribution in [-0.2, 0) is 16.1 Å². The standard InChI is InChI=1S/C32H35NO6/c1-7-39-24-10-8-9-22(16-24)29-28(30(34)26-17-25(19(2)3)27(38-6)15-20(26)4)31(35)32(36)33(29)18-21-11-13-23(37-5)14-12-21/h8-17,19,29,34H,7,18H2,1-6H3/b30-28+. The maximum absolute atomic E-state index is 13.6. The molecule has 1 amide bonds. The number of rotatable bonds is 9. The van der Waals surface area contributed by atoms with Crippen LogP contribution in [0.5, 0.6) is 17.2 Å². The third-order valence-electron chi connectivity index (χ3n) is 6.99. The molecule has 7 heteroatoms. The molecule has 1 atom stereocenters. The zero-order chi connectivity index (χ0) is 28.3. The predicted molar refractivity (Wildman–Crippen MR) is 150 cm³/mol. The van der Waals surface area contributed by atoms with E-state index in [0.717, 1.165) is 16.7 Å². The minimum absolute atomic E-state index is 0.0464. The summed E-state index contributed by atoms with van der Waals surface area (Å²) in [5, 5.41) is 11.7. The van der Waals surface area contributed by atoms with Crippen molar-refractivity contribution in [1.82, 2.24) is 4.90 Å². The molecule has 0 bridgehead atoms. The van der Waals surface area contributed by atoms with Crippen molar-refractivity contribution in [3.63, 3.8) is 0 Å². The summed E-state index contributed by atoms with van der Waals surface area (Å²) in [5.41, 5.74) is 3.67. The molecular weight excluding hydrogens is 494 g/mol. The number of amides is 1. The van der Waals surface area contributed by atoms with Crippen LogP contribution in [0.2, 0.25) is 0 Å². The van der Waals surface area contributed by atoms with Crippen molar-refractivity contribution >= 4 is 17.4 Å². The first-order chi connectivity index (χ1) is 18.7. The van der Waals surface area contributed by atoms with Crippen LogP contribution in [0.4, 0.5) is 0 Å². The Labute approximate surface area is 229 Å². The first-order valence-corrected chi connectivity index (χ1v) is 13.0. The molecule has 1 N–H and O–H groups in total. The van der Waals surface area contributed by atoms with Gasteiger partial charge in [-0.25, -0.2) is 0 Å². The van der Waals surface area contributed by atoms with Crippen LogP contribution in [0.1, 0.15) is 60.5 Å². The van der Waals surface area contributed by atoms with Crippen LogP contribution >= 0.6 is 0 Å². The van der Waals surface area contributed by atoms with E-state index in [2.05, 4.69) is 0 Å². The molecule has 7 nitrogen and oxygen atoms in total. The van der Waals surface area contributed by atoms with Gasteiger partial charge in [-0.05, 0) is 78.4 Å². The zero-order valence-electron chi connectivity index (χ0n) is 23.3. The number of hydrogen-bond donors (Lipinski definition) is 1. The van der Waals surface area contributed by atoms with Gasteiger partial charge >= 0.3 is 0 Å². The largest absolute Gasteiger partial charge is 0.507 e. The Kier molecular flexibility index (Phi) is 8.29. The molecule has 0 aromatic heterocycles. The molecule has 1 heterocycles. The van der Waals surface area contributed by atoms with Gasteiger partial charge in [0.15, 0.2) is 0 Å². The van der Waals surface area contributed by atoms with E-state index >= 15 is 0 Å². The average Bonchev–Trinajstić information content (AvgIpc) is 3.18. The average molecular weight is 530 g/mol. The number of nitrogens with zero attached hydrogens (tertiary/aromatic N) is 1. The minimum atomic E-state index is -0.809. The molecule has 0 aliphatic carbocycles. The fourth-order valence-corrected chi connectivity index (χ4v) is 4.98. The molecule has 1 aliphatic heterocycles. The number of carbonyl (C=O) groups excluding carboxylic acids is 2. The number of aliphatic hydroxyl groups excluding tert-OH is 1. The zero-order valence-corrected chi connectivity index (χ0v) is 23.3. The minimum Gasteiger partial charge on any atom is -0.507 e. The summed E-state index contributed by atoms with van der Waals surface area (Å²) in [6, 6.07) is 17.5. The lowest BCUT2D eigenvalue weighted by Gasteiger charge is -2.26. The van der Waals surface area contributed by atoms with Crippen LogP contribution in [0.3, 0.4) is 0 Å². The van der Waals surface area contributed by atoms with E-state index in [1.165, 1.54) is 4.90 Å². The number of benzene rings is 3. The first kappa shape index (κ1) is 27.8. The van der Waals surface area contributed by atoms with Gasteiger partial charge in [0, 0.05) is 12.1 Å². The highest BCUT2D eigenvalue weighted by Crippen LogP contribution is 2.42. The van der Waals surface area contributed by atoms with E-state index in [1.54, 1.807) is 14.2 Å². The Balaban J connectivity index is 1.90. The third kappa shape index (κ3) is 5.48. The number of Topliss-reactive ketones (excluding diaryl/α,β-unsaturated/α-hetero) is 1. The molecule has 4 rings (SSSR count). The molecule has 1 aliphatic rings. The highest BCUT2D eigenvalue weighted by molar-refractivity contribution is 6.46. The normalized spacial score (nSPS) is 16.6. The van der Waals surface area contributed by atoms with Crippen LogP contribution in [0.15, 0.2) is 66.2 Å². The van der Waals surface area contributed by atoms with Crippen molar-refractivity contribution in [2.45, 2.75) is 46.2 Å². The lowest BCUT2D eigenvalue weighted by molar-refractivity contribution is -0.140. The predicted octanol–water partition coefficient (Wildman–Crippen LogP) is 6.16. The molecule has 204 valence electrons. The second-order valence-electron chi connectivity index (χ2n) is 9.84. The van der Waals surface area contributed by atoms with E-state index in [-0.39, 0.29) is 23.8 Å². The molecule has 1 saturated heterocycles. The van der Waals surface area contributed by atoms with Crippen molar-refractivity contribution < 1.29 is 28.9 Å². The number of carbonyl (C=O) groups is 2. The Hall–Kier alpha value is -4.26. The number of aryl methyl sites for hydroxylation is 1. The number of hydrogen-bond acceptors (Lipinski definition) is 6. The van der Waals surface area contributed by atoms with Gasteiger partial charge < -0.3 is 24.2 Å². The number of aliphatic hydroxyl groups is 1. The fraction of sp³-hybridized carbons (Fsp3) is 0.312. The molecule has 1 unspecified atom stereocenters. The molecular formula is C32H35NO6. The number of likely N-dealkylation sites (tertiary alicyclic amines) is 1. The lowest BCUT2D eigenvalue weighted by Crippen LogP contribution is -2.29. The van der Waals surface area contributed by atoms with E-state index < -0.39 is 17.7 Å². The maximum Gasteiger partial charge on any atom is 0.295 e. The molecule has 39 heavy (non-hydrogen) atoms. The first-order valence-electron chi connectivity index (χ1n) is 13.0. The van der Waals surface area contributed by atoms with Gasteiger partial charge in [0.1, 0.15) is 23.0 Å². The van der Waals surface area contributed by atoms with Gasteiger partial charge in [0.05, 0.1) is 32.4 Å². The van der Waals surface area contributed by atoms with Gasteiger partial charge in [-0.2, -0.15) is 0 Å². The smallest absolute Gasteiger partial charge is 0.295 e. The molecule has 1 fully saturated rings. The second kappa shape index (κ2) is 11.6. The SMILES string of the molecule is CCOc1cccc(C2/C(=C(\O)c3cc(C(C)C)c(OC)cc3C)C(=O)C(=O)N2Cc2ccc(OC)cc2)c1. The van der Waals surface area contributed by atoms with Gasteiger partial charge in [-0.15, -0.1) is 0 Å². The van der Waals surface area contributed by atoms with Crippen LogP contribution in [0.25, 0.3) is 5.76 Å². The third-order valence-corrected chi connectivity index (χ3v) is 6.99. The van der Waals surface area contributed by atoms with Gasteiger partial charge in [0.2, 0.25) is 0 Å². The van der Waals surface area contributed by atoms with Gasteiger partial charge in [0.25, 0.3) is 11.7 Å². The van der Waals surface area contributed by atoms with Crippen molar-refractivity contribution in [3.8, 4) is 17.2 Å². The summed E-state index contributed by atoms with van der Waals surface area (Å²) in [4.78, 5) is 28.6. The van der Waals surface area contributed by atoms with Crippen molar-refractivity contribution in [2.75, 3.05) is 20.8 Å². The molecule has 3 aromatic carbocycles. The maximum atomic E-state index is 13.6. The lowest BCUT2D eigenvalue weighted by atomic mass is 9.91. The van der Waals surface area contributed by atoms with Gasteiger partial charge in [-0.1, -0.05) is 38.1 Å². The quantitative estimate of drug-likeness (QED) is 0.203. The molecule has 0 saturated carbocycles. The van der Waals surface area contributed by atoms with Crippen LogP contribution < -0.4 is 14.2 Å². The van der Waals surface area contributed by atoms with E-state index in [9.17, 15) is 14.7 Å². The summed E-state index contributed by atoms with van der Waals surface area (Å²) in [5.74, 6) is 0.525. The number of methoxy groups -OCH3 is 2. The molecule has 0 spiro atoms. The summed E-state index contributed by atoms with van der Waals surface area (Å²) in [7, 11) is 3.20. The summed E-state index contributed by atoms with van der Waals surface area (Å²) in [6.45, 7) is 8.45. The topological polar surface area (TPSA) is 85.3 Å². The van der Waals surface area contributed by atoms with Crippen LogP contribution in [0, 0.1) is 6.92 Å². The van der Waals surface area contributed by atoms with Gasteiger partial charge in [-0.3, -0.25) is 9.59 Å². The molecule has 0 radical (unpaired) electrons. The summed E-state index contributed by atoms with van der Waals surface area (Å²) < 4.78 is 16.5. The van der Waals surface area contributed by atoms with Crippen LogP contribution in [-0.4, -0.2) is 42.5 Å². The Morgan fingerprint density at radius 2 is 1.69 bits per heavy atom. The Bertz CT molecular complexity index is 1410. The highest BCUT2D eigenvalue weighted by atomic mass is 16.5. The van der Waals surface area contributed by atoms with Crippen molar-refractivity contribution in [1.29, 1.82) is 0 Å². The van der Waals surface area contributed by atoms with Crippen molar-refractivity contribution in [3.05, 3.63) is 94.1 Å². The van der Waals surface area contributed by atoms with E-state index in [4.69, 9.17) is 14.2 Å². The van der Waals surface area contributed by atoms with E-state index in [1.807, 2.05) is 88.4 Å². The highest BCUT2D eigenvalue weighted by Gasteiger charge is 2.46. The summed E-state index contributed by atoms with van der Waals surface area (Å²) in [6.07, 6.45) is 0.